The molecule has 0 atom stereocenters. The molecule has 3 rings (SSSR count). The maximum absolute atomic E-state index is 12.3. The molecule has 0 saturated carbocycles. The summed E-state index contributed by atoms with van der Waals surface area (Å²) in [7, 11) is -3.90. The van der Waals surface area contributed by atoms with E-state index >= 15 is 0 Å². The molecule has 0 saturated heterocycles. The summed E-state index contributed by atoms with van der Waals surface area (Å²) in [5, 5.41) is 8.86. The van der Waals surface area contributed by atoms with E-state index in [2.05, 4.69) is 5.32 Å². The lowest BCUT2D eigenvalue weighted by molar-refractivity contribution is -0.119. The second-order valence-electron chi connectivity index (χ2n) is 5.58. The molecule has 3 aromatic rings. The third-order valence-electron chi connectivity index (χ3n) is 3.56. The number of carbonyl (C=O) groups excluding carboxylic acids is 2. The molecule has 0 aliphatic heterocycles. The van der Waals surface area contributed by atoms with Gasteiger partial charge in [0.25, 0.3) is 5.91 Å². The number of nitrogens with one attached hydrogen (secondary N) is 1. The lowest BCUT2D eigenvalue weighted by atomic mass is 10.2. The van der Waals surface area contributed by atoms with E-state index in [4.69, 9.17) is 33.1 Å². The van der Waals surface area contributed by atoms with Crippen LogP contribution in [0.1, 0.15) is 9.67 Å². The Kier molecular flexibility index (Phi) is 5.92. The number of fused-ring (bicyclic) bond motifs is 1. The van der Waals surface area contributed by atoms with Crippen molar-refractivity contribution in [3.63, 3.8) is 0 Å². The highest BCUT2D eigenvalue weighted by atomic mass is 35.5. The first-order valence-corrected chi connectivity index (χ1v) is 10.7. The van der Waals surface area contributed by atoms with Gasteiger partial charge in [0.15, 0.2) is 6.61 Å². The molecular weight excluding hydrogens is 447 g/mol. The van der Waals surface area contributed by atoms with Crippen molar-refractivity contribution >= 4 is 72.2 Å². The topological polar surface area (TPSA) is 116 Å². The maximum atomic E-state index is 12.3. The number of primary sulfonamides is 1. The second-order valence-corrected chi connectivity index (χ2v) is 9.01. The number of thiophene rings is 1. The Labute approximate surface area is 174 Å². The third-order valence-corrected chi connectivity index (χ3v) is 6.34. The van der Waals surface area contributed by atoms with Crippen molar-refractivity contribution in [3.05, 3.63) is 57.4 Å². The third kappa shape index (κ3) is 4.62. The van der Waals surface area contributed by atoms with Crippen molar-refractivity contribution in [2.75, 3.05) is 11.9 Å². The molecule has 0 spiro atoms. The Bertz CT molecular complexity index is 1190. The average Bonchev–Trinajstić information content (AvgIpc) is 2.95. The van der Waals surface area contributed by atoms with Gasteiger partial charge in [-0.05, 0) is 30.3 Å². The molecule has 146 valence electrons. The fraction of sp³-hybridized carbons (Fsp3) is 0.0588. The van der Waals surface area contributed by atoms with Crippen molar-refractivity contribution in [3.8, 4) is 0 Å². The molecule has 3 N–H and O–H groups in total. The maximum Gasteiger partial charge on any atom is 0.350 e. The predicted molar refractivity (Wildman–Crippen MR) is 109 cm³/mol. The number of hydrogen-bond acceptors (Lipinski definition) is 6. The Morgan fingerprint density at radius 3 is 2.61 bits per heavy atom. The number of sulfonamides is 1. The van der Waals surface area contributed by atoms with Gasteiger partial charge in [-0.2, -0.15) is 0 Å². The van der Waals surface area contributed by atoms with Crippen LogP contribution in [0.5, 0.6) is 0 Å². The lowest BCUT2D eigenvalue weighted by Crippen LogP contribution is -2.21. The fourth-order valence-corrected chi connectivity index (χ4v) is 4.55. The predicted octanol–water partition coefficient (Wildman–Crippen LogP) is 3.65. The van der Waals surface area contributed by atoms with E-state index in [1.165, 1.54) is 24.3 Å². The van der Waals surface area contributed by atoms with Crippen LogP contribution in [0.4, 0.5) is 5.69 Å². The van der Waals surface area contributed by atoms with E-state index in [1.54, 1.807) is 18.2 Å². The number of esters is 1. The second kappa shape index (κ2) is 8.06. The molecule has 7 nitrogen and oxygen atoms in total. The zero-order valence-electron chi connectivity index (χ0n) is 13.9. The molecule has 0 unspecified atom stereocenters. The highest BCUT2D eigenvalue weighted by molar-refractivity contribution is 7.89. The van der Waals surface area contributed by atoms with Gasteiger partial charge < -0.3 is 10.1 Å². The van der Waals surface area contributed by atoms with Crippen LogP contribution in [0, 0.1) is 0 Å². The first-order chi connectivity index (χ1) is 13.1. The van der Waals surface area contributed by atoms with E-state index in [0.29, 0.717) is 15.1 Å². The first kappa shape index (κ1) is 20.6. The average molecular weight is 459 g/mol. The Morgan fingerprint density at radius 1 is 1.14 bits per heavy atom. The van der Waals surface area contributed by atoms with Gasteiger partial charge in [-0.3, -0.25) is 4.79 Å². The number of carbonyl (C=O) groups is 2. The van der Waals surface area contributed by atoms with Crippen LogP contribution in [-0.4, -0.2) is 26.9 Å². The molecule has 1 heterocycles. The van der Waals surface area contributed by atoms with Gasteiger partial charge >= 0.3 is 5.97 Å². The number of rotatable bonds is 5. The SMILES string of the molecule is NS(=O)(=O)c1cccc(NC(=O)COC(=O)c2sc3cc(Cl)ccc3c2Cl)c1. The molecule has 28 heavy (non-hydrogen) atoms. The Morgan fingerprint density at radius 2 is 1.89 bits per heavy atom. The smallest absolute Gasteiger partial charge is 0.350 e. The summed E-state index contributed by atoms with van der Waals surface area (Å²) >= 11 is 13.2. The van der Waals surface area contributed by atoms with Gasteiger partial charge in [0.2, 0.25) is 10.0 Å². The van der Waals surface area contributed by atoms with Crippen LogP contribution in [0.25, 0.3) is 10.1 Å². The summed E-state index contributed by atoms with van der Waals surface area (Å²) in [6.45, 7) is -0.580. The van der Waals surface area contributed by atoms with Crippen LogP contribution >= 0.6 is 34.5 Å². The van der Waals surface area contributed by atoms with Crippen LogP contribution < -0.4 is 10.5 Å². The van der Waals surface area contributed by atoms with E-state index in [1.807, 2.05) is 0 Å². The molecule has 1 amide bonds. The molecule has 0 radical (unpaired) electrons. The number of benzene rings is 2. The summed E-state index contributed by atoms with van der Waals surface area (Å²) in [6.07, 6.45) is 0. The normalized spacial score (nSPS) is 11.4. The van der Waals surface area contributed by atoms with Crippen LogP contribution in [0.15, 0.2) is 47.4 Å². The monoisotopic (exact) mass is 458 g/mol. The van der Waals surface area contributed by atoms with Crippen molar-refractivity contribution in [1.82, 2.24) is 0 Å². The highest BCUT2D eigenvalue weighted by Gasteiger charge is 2.20. The molecule has 1 aromatic heterocycles. The summed E-state index contributed by atoms with van der Waals surface area (Å²) in [4.78, 5) is 24.3. The van der Waals surface area contributed by atoms with Crippen molar-refractivity contribution in [2.45, 2.75) is 4.90 Å². The molecule has 0 fully saturated rings. The molecule has 11 heteroatoms. The van der Waals surface area contributed by atoms with E-state index in [9.17, 15) is 18.0 Å². The van der Waals surface area contributed by atoms with Crippen molar-refractivity contribution in [2.24, 2.45) is 5.14 Å². The minimum Gasteiger partial charge on any atom is -0.451 e. The highest BCUT2D eigenvalue weighted by Crippen LogP contribution is 2.37. The van der Waals surface area contributed by atoms with Crippen molar-refractivity contribution in [1.29, 1.82) is 0 Å². The molecule has 2 aromatic carbocycles. The Hall–Kier alpha value is -2.17. The molecule has 0 aliphatic rings. The molecule has 0 aliphatic carbocycles. The fourth-order valence-electron chi connectivity index (χ4n) is 2.31. The number of nitrogens with two attached hydrogens (primary N) is 1. The minimum absolute atomic E-state index is 0.155. The van der Waals surface area contributed by atoms with E-state index < -0.39 is 28.5 Å². The molecular formula is C17H12Cl2N2O5S2. The van der Waals surface area contributed by atoms with Crippen LogP contribution in [0.3, 0.4) is 0 Å². The summed E-state index contributed by atoms with van der Waals surface area (Å²) in [6, 6.07) is 10.4. The van der Waals surface area contributed by atoms with E-state index in [0.717, 1.165) is 11.3 Å². The standard InChI is InChI=1S/C17H12Cl2N2O5S2/c18-9-4-5-12-13(6-9)27-16(15(12)19)17(23)26-8-14(22)21-10-2-1-3-11(7-10)28(20,24)25/h1-7H,8H2,(H,21,22)(H2,20,24,25). The lowest BCUT2D eigenvalue weighted by Gasteiger charge is -2.07. The van der Waals surface area contributed by atoms with Gasteiger partial charge in [0.05, 0.1) is 9.92 Å². The minimum atomic E-state index is -3.90. The van der Waals surface area contributed by atoms with Crippen molar-refractivity contribution < 1.29 is 22.7 Å². The van der Waals surface area contributed by atoms with Gasteiger partial charge in [0.1, 0.15) is 4.88 Å². The molecule has 0 bridgehead atoms. The largest absolute Gasteiger partial charge is 0.451 e. The first-order valence-electron chi connectivity index (χ1n) is 7.62. The summed E-state index contributed by atoms with van der Waals surface area (Å²) < 4.78 is 28.4. The quantitative estimate of drug-likeness (QED) is 0.565. The van der Waals surface area contributed by atoms with Gasteiger partial charge in [-0.15, -0.1) is 11.3 Å². The van der Waals surface area contributed by atoms with Gasteiger partial charge in [-0.25, -0.2) is 18.4 Å². The number of ether oxygens (including phenoxy) is 1. The number of hydrogen-bond donors (Lipinski definition) is 2. The number of amides is 1. The van der Waals surface area contributed by atoms with E-state index in [-0.39, 0.29) is 20.5 Å². The van der Waals surface area contributed by atoms with Gasteiger partial charge in [-0.1, -0.05) is 35.3 Å². The van der Waals surface area contributed by atoms with Gasteiger partial charge in [0, 0.05) is 20.8 Å². The summed E-state index contributed by atoms with van der Waals surface area (Å²) in [5.41, 5.74) is 0.196. The van der Waals surface area contributed by atoms with Crippen LogP contribution in [0.2, 0.25) is 10.0 Å². The zero-order valence-corrected chi connectivity index (χ0v) is 17.1. The number of anilines is 1. The Balaban J connectivity index is 1.67. The number of halogens is 2. The zero-order chi connectivity index (χ0) is 20.5. The van der Waals surface area contributed by atoms with Crippen LogP contribution in [-0.2, 0) is 19.6 Å². The summed E-state index contributed by atoms with van der Waals surface area (Å²) in [5.74, 6) is -1.41.